The van der Waals surface area contributed by atoms with Crippen LogP contribution < -0.4 is 0 Å². The van der Waals surface area contributed by atoms with Crippen LogP contribution in [0.5, 0.6) is 0 Å². The van der Waals surface area contributed by atoms with Gasteiger partial charge in [0.25, 0.3) is 5.91 Å². The number of morpholine rings is 1. The quantitative estimate of drug-likeness (QED) is 0.779. The van der Waals surface area contributed by atoms with Crippen molar-refractivity contribution in [3.63, 3.8) is 0 Å². The summed E-state index contributed by atoms with van der Waals surface area (Å²) in [7, 11) is 0. The number of benzene rings is 1. The summed E-state index contributed by atoms with van der Waals surface area (Å²) >= 11 is 9.45. The van der Waals surface area contributed by atoms with Crippen LogP contribution in [0.1, 0.15) is 17.3 Å². The molecule has 1 heterocycles. The number of carbonyl (C=O) groups excluding carboxylic acids is 1. The lowest BCUT2D eigenvalue weighted by Gasteiger charge is -2.36. The third kappa shape index (κ3) is 3.05. The van der Waals surface area contributed by atoms with E-state index in [1.54, 1.807) is 17.0 Å². The average Bonchev–Trinajstić information content (AvgIpc) is 2.37. The minimum atomic E-state index is -0.0262. The molecule has 5 heteroatoms. The molecule has 0 aliphatic carbocycles. The van der Waals surface area contributed by atoms with Gasteiger partial charge in [-0.1, -0.05) is 39.7 Å². The topological polar surface area (TPSA) is 29.5 Å². The molecule has 1 aromatic rings. The van der Waals surface area contributed by atoms with E-state index in [0.29, 0.717) is 23.7 Å². The molecule has 3 nitrogen and oxygen atoms in total. The smallest absolute Gasteiger partial charge is 0.255 e. The molecule has 1 aliphatic heterocycles. The number of amides is 1. The van der Waals surface area contributed by atoms with Crippen LogP contribution in [0.15, 0.2) is 24.3 Å². The Morgan fingerprint density at radius 2 is 2.22 bits per heavy atom. The Bertz CT molecular complexity index is 441. The van der Waals surface area contributed by atoms with Gasteiger partial charge in [0.1, 0.15) is 0 Å². The molecule has 0 radical (unpaired) electrons. The Morgan fingerprint density at radius 3 is 2.89 bits per heavy atom. The van der Waals surface area contributed by atoms with E-state index in [2.05, 4.69) is 15.9 Å². The normalized spacial score (nSPS) is 24.1. The maximum Gasteiger partial charge on any atom is 0.255 e. The molecule has 0 aromatic heterocycles. The lowest BCUT2D eigenvalue weighted by atomic mass is 10.1. The first kappa shape index (κ1) is 13.8. The van der Waals surface area contributed by atoms with Gasteiger partial charge in [0.2, 0.25) is 0 Å². The predicted molar refractivity (Wildman–Crippen MR) is 75.5 cm³/mol. The zero-order valence-electron chi connectivity index (χ0n) is 10.1. The summed E-state index contributed by atoms with van der Waals surface area (Å²) in [5.74, 6) is -0.0262. The van der Waals surface area contributed by atoms with Gasteiger partial charge in [-0.15, -0.1) is 0 Å². The van der Waals surface area contributed by atoms with Gasteiger partial charge in [0.05, 0.1) is 22.8 Å². The van der Waals surface area contributed by atoms with Gasteiger partial charge in [0, 0.05) is 18.4 Å². The molecule has 1 saturated heterocycles. The molecule has 2 rings (SSSR count). The number of rotatable bonds is 2. The van der Waals surface area contributed by atoms with E-state index in [4.69, 9.17) is 16.3 Å². The van der Waals surface area contributed by atoms with E-state index in [9.17, 15) is 4.79 Å². The van der Waals surface area contributed by atoms with E-state index in [1.165, 1.54) is 0 Å². The van der Waals surface area contributed by atoms with Gasteiger partial charge in [-0.25, -0.2) is 0 Å². The monoisotopic (exact) mass is 331 g/mol. The zero-order valence-corrected chi connectivity index (χ0v) is 12.4. The lowest BCUT2D eigenvalue weighted by molar-refractivity contribution is -0.0559. The predicted octanol–water partition coefficient (Wildman–Crippen LogP) is 2.96. The molecule has 98 valence electrons. The summed E-state index contributed by atoms with van der Waals surface area (Å²) in [6, 6.07) is 7.14. The van der Waals surface area contributed by atoms with Crippen LogP contribution in [0.4, 0.5) is 0 Å². The molecule has 1 amide bonds. The first-order valence-corrected chi connectivity index (χ1v) is 7.37. The van der Waals surface area contributed by atoms with Crippen molar-refractivity contribution in [3.8, 4) is 0 Å². The van der Waals surface area contributed by atoms with E-state index in [1.807, 2.05) is 19.1 Å². The second-order valence-electron chi connectivity index (χ2n) is 4.41. The van der Waals surface area contributed by atoms with Crippen molar-refractivity contribution in [1.29, 1.82) is 0 Å². The van der Waals surface area contributed by atoms with E-state index in [-0.39, 0.29) is 18.1 Å². The van der Waals surface area contributed by atoms with E-state index < -0.39 is 0 Å². The molecule has 0 bridgehead atoms. The van der Waals surface area contributed by atoms with Crippen molar-refractivity contribution in [3.05, 3.63) is 34.9 Å². The molecule has 1 aliphatic rings. The highest BCUT2D eigenvalue weighted by atomic mass is 79.9. The van der Waals surface area contributed by atoms with Crippen molar-refractivity contribution in [2.24, 2.45) is 0 Å². The molecular formula is C13H15BrClNO2. The van der Waals surface area contributed by atoms with Crippen molar-refractivity contribution < 1.29 is 9.53 Å². The molecule has 0 saturated carbocycles. The maximum absolute atomic E-state index is 12.4. The Balaban J connectivity index is 2.16. The number of nitrogens with zero attached hydrogens (tertiary/aromatic N) is 1. The van der Waals surface area contributed by atoms with Crippen molar-refractivity contribution in [2.75, 3.05) is 18.4 Å². The Labute approximate surface area is 120 Å². The Kier molecular flexibility index (Phi) is 4.65. The van der Waals surface area contributed by atoms with Crippen molar-refractivity contribution in [1.82, 2.24) is 4.90 Å². The van der Waals surface area contributed by atoms with Gasteiger partial charge in [-0.05, 0) is 19.1 Å². The number of alkyl halides is 1. The van der Waals surface area contributed by atoms with Crippen LogP contribution in [0, 0.1) is 0 Å². The Hall–Kier alpha value is -0.580. The molecule has 18 heavy (non-hydrogen) atoms. The lowest BCUT2D eigenvalue weighted by Crippen LogP contribution is -2.49. The van der Waals surface area contributed by atoms with Gasteiger partial charge in [-0.3, -0.25) is 4.79 Å². The summed E-state index contributed by atoms with van der Waals surface area (Å²) in [5, 5.41) is 1.22. The first-order valence-electron chi connectivity index (χ1n) is 5.87. The van der Waals surface area contributed by atoms with Crippen molar-refractivity contribution >= 4 is 33.4 Å². The van der Waals surface area contributed by atoms with E-state index in [0.717, 1.165) is 5.33 Å². The van der Waals surface area contributed by atoms with Crippen LogP contribution in [-0.2, 0) is 4.74 Å². The second-order valence-corrected chi connectivity index (χ2v) is 5.47. The minimum absolute atomic E-state index is 0.0262. The minimum Gasteiger partial charge on any atom is -0.371 e. The molecule has 1 fully saturated rings. The summed E-state index contributed by atoms with van der Waals surface area (Å²) < 4.78 is 5.71. The third-order valence-corrected chi connectivity index (χ3v) is 3.94. The third-order valence-electron chi connectivity index (χ3n) is 2.89. The zero-order chi connectivity index (χ0) is 13.1. The first-order chi connectivity index (χ1) is 8.61. The molecule has 1 aromatic carbocycles. The number of hydrogen-bond acceptors (Lipinski definition) is 2. The molecule has 2 atom stereocenters. The number of carbonyl (C=O) groups is 1. The van der Waals surface area contributed by atoms with Crippen LogP contribution in [-0.4, -0.2) is 41.4 Å². The van der Waals surface area contributed by atoms with Gasteiger partial charge in [-0.2, -0.15) is 0 Å². The number of ether oxygens (including phenoxy) is 1. The molecule has 2 unspecified atom stereocenters. The van der Waals surface area contributed by atoms with Gasteiger partial charge in [0.15, 0.2) is 0 Å². The number of hydrogen-bond donors (Lipinski definition) is 0. The molecule has 0 N–H and O–H groups in total. The fourth-order valence-electron chi connectivity index (χ4n) is 2.10. The van der Waals surface area contributed by atoms with Crippen LogP contribution in [0.25, 0.3) is 0 Å². The van der Waals surface area contributed by atoms with Crippen LogP contribution in [0.3, 0.4) is 0 Å². The summed E-state index contributed by atoms with van der Waals surface area (Å²) in [6.45, 7) is 3.18. The maximum atomic E-state index is 12.4. The standard InChI is InChI=1S/C13H15BrClNO2/c1-9-7-16(8-10(6-14)18-9)13(17)11-4-2-3-5-12(11)15/h2-5,9-10H,6-8H2,1H3. The molecular weight excluding hydrogens is 318 g/mol. The van der Waals surface area contributed by atoms with Crippen LogP contribution in [0.2, 0.25) is 5.02 Å². The van der Waals surface area contributed by atoms with Crippen molar-refractivity contribution in [2.45, 2.75) is 19.1 Å². The average molecular weight is 333 g/mol. The summed E-state index contributed by atoms with van der Waals surface area (Å²) in [4.78, 5) is 14.2. The highest BCUT2D eigenvalue weighted by molar-refractivity contribution is 9.09. The highest BCUT2D eigenvalue weighted by Crippen LogP contribution is 2.20. The van der Waals surface area contributed by atoms with Gasteiger partial charge >= 0.3 is 0 Å². The van der Waals surface area contributed by atoms with E-state index >= 15 is 0 Å². The second kappa shape index (κ2) is 6.04. The fourth-order valence-corrected chi connectivity index (χ4v) is 2.68. The number of halogens is 2. The molecule has 0 spiro atoms. The Morgan fingerprint density at radius 1 is 1.50 bits per heavy atom. The summed E-state index contributed by atoms with van der Waals surface area (Å²) in [5.41, 5.74) is 0.557. The highest BCUT2D eigenvalue weighted by Gasteiger charge is 2.28. The van der Waals surface area contributed by atoms with Crippen LogP contribution >= 0.6 is 27.5 Å². The summed E-state index contributed by atoms with van der Waals surface area (Å²) in [6.07, 6.45) is 0.0907. The largest absolute Gasteiger partial charge is 0.371 e. The SMILES string of the molecule is CC1CN(C(=O)c2ccccc2Cl)CC(CBr)O1. The fraction of sp³-hybridized carbons (Fsp3) is 0.462. The van der Waals surface area contributed by atoms with Gasteiger partial charge < -0.3 is 9.64 Å².